The van der Waals surface area contributed by atoms with Crippen LogP contribution in [0.15, 0.2) is 42.5 Å². The molecule has 0 radical (unpaired) electrons. The van der Waals surface area contributed by atoms with Crippen molar-refractivity contribution < 1.29 is 4.79 Å². The Bertz CT molecular complexity index is 971. The molecule has 0 aliphatic heterocycles. The Labute approximate surface area is 147 Å². The number of carbonyl (C=O) groups is 1. The molecule has 1 aromatic heterocycles. The fraction of sp³-hybridized carbons (Fsp3) is 0.286. The van der Waals surface area contributed by atoms with Gasteiger partial charge in [0.15, 0.2) is 0 Å². The van der Waals surface area contributed by atoms with E-state index < -0.39 is 0 Å². The first-order chi connectivity index (χ1) is 12.1. The van der Waals surface area contributed by atoms with Crippen molar-refractivity contribution in [1.82, 2.24) is 4.57 Å². The summed E-state index contributed by atoms with van der Waals surface area (Å²) in [5.41, 5.74) is 11.7. The van der Waals surface area contributed by atoms with Gasteiger partial charge in [-0.25, -0.2) is 0 Å². The van der Waals surface area contributed by atoms with Crippen LogP contribution in [0, 0.1) is 0 Å². The van der Waals surface area contributed by atoms with Gasteiger partial charge in [0.1, 0.15) is 0 Å². The summed E-state index contributed by atoms with van der Waals surface area (Å²) >= 11 is 0. The van der Waals surface area contributed by atoms with Crippen LogP contribution in [-0.4, -0.2) is 10.5 Å². The molecular weight excluding hydrogens is 310 g/mol. The first-order valence-corrected chi connectivity index (χ1v) is 8.83. The lowest BCUT2D eigenvalue weighted by Gasteiger charge is -2.20. The van der Waals surface area contributed by atoms with E-state index in [-0.39, 0.29) is 5.91 Å². The highest BCUT2D eigenvalue weighted by Crippen LogP contribution is 2.38. The number of benzene rings is 2. The second kappa shape index (κ2) is 5.96. The van der Waals surface area contributed by atoms with Crippen molar-refractivity contribution in [2.45, 2.75) is 32.1 Å². The summed E-state index contributed by atoms with van der Waals surface area (Å²) in [6.45, 7) is 2.28. The number of hydrogen-bond acceptors (Lipinski definition) is 2. The summed E-state index contributed by atoms with van der Waals surface area (Å²) in [6, 6.07) is 13.3. The molecule has 0 spiro atoms. The minimum atomic E-state index is -0.0956. The van der Waals surface area contributed by atoms with Gasteiger partial charge in [-0.3, -0.25) is 4.79 Å². The summed E-state index contributed by atoms with van der Waals surface area (Å²) in [6.07, 6.45) is 3.52. The standard InChI is InChI=1S/C21H23N3O/c1-13-6-3-9-16-17-10-5-11-18(20(17)24(2)19(13)16)21(25)23-15-8-4-7-14(22)12-15/h4-5,7-8,10-13H,3,6,9,22H2,1-2H3,(H,23,25). The molecule has 1 atom stereocenters. The van der Waals surface area contributed by atoms with Crippen LogP contribution in [0.1, 0.15) is 47.3 Å². The summed E-state index contributed by atoms with van der Waals surface area (Å²) in [4.78, 5) is 12.9. The lowest BCUT2D eigenvalue weighted by molar-refractivity contribution is 0.102. The van der Waals surface area contributed by atoms with E-state index in [0.717, 1.165) is 11.9 Å². The number of rotatable bonds is 2. The van der Waals surface area contributed by atoms with Crippen LogP contribution in [0.5, 0.6) is 0 Å². The number of nitrogen functional groups attached to an aromatic ring is 1. The molecule has 1 heterocycles. The zero-order valence-electron chi connectivity index (χ0n) is 14.7. The molecule has 1 amide bonds. The molecule has 3 aromatic rings. The van der Waals surface area contributed by atoms with Gasteiger partial charge in [-0.05, 0) is 55.0 Å². The quantitative estimate of drug-likeness (QED) is 0.681. The van der Waals surface area contributed by atoms with Crippen molar-refractivity contribution in [2.24, 2.45) is 7.05 Å². The van der Waals surface area contributed by atoms with Gasteiger partial charge in [0.25, 0.3) is 5.91 Å². The van der Waals surface area contributed by atoms with Gasteiger partial charge in [0.2, 0.25) is 0 Å². The monoisotopic (exact) mass is 333 g/mol. The Balaban J connectivity index is 1.81. The maximum atomic E-state index is 12.9. The van der Waals surface area contributed by atoms with Crippen molar-refractivity contribution in [3.05, 3.63) is 59.3 Å². The van der Waals surface area contributed by atoms with Crippen LogP contribution in [0.2, 0.25) is 0 Å². The first kappa shape index (κ1) is 15.8. The number of nitrogens with zero attached hydrogens (tertiary/aromatic N) is 1. The molecule has 1 aliphatic carbocycles. The SMILES string of the molecule is CC1CCCc2c1n(C)c1c(C(=O)Nc3cccc(N)c3)cccc21. The molecule has 1 unspecified atom stereocenters. The van der Waals surface area contributed by atoms with Gasteiger partial charge in [0, 0.05) is 29.5 Å². The lowest BCUT2D eigenvalue weighted by Crippen LogP contribution is -2.14. The average Bonchev–Trinajstić information content (AvgIpc) is 2.89. The second-order valence-corrected chi connectivity index (χ2v) is 7.00. The van der Waals surface area contributed by atoms with Gasteiger partial charge in [-0.2, -0.15) is 0 Å². The smallest absolute Gasteiger partial charge is 0.257 e. The van der Waals surface area contributed by atoms with Crippen LogP contribution in [-0.2, 0) is 13.5 Å². The van der Waals surface area contributed by atoms with E-state index in [0.29, 0.717) is 22.9 Å². The molecule has 2 aromatic carbocycles. The number of carbonyl (C=O) groups excluding carboxylic acids is 1. The minimum Gasteiger partial charge on any atom is -0.399 e. The number of aryl methyl sites for hydroxylation is 2. The minimum absolute atomic E-state index is 0.0956. The Morgan fingerprint density at radius 1 is 1.24 bits per heavy atom. The number of nitrogens with two attached hydrogens (primary N) is 1. The Morgan fingerprint density at radius 2 is 2.04 bits per heavy atom. The highest BCUT2D eigenvalue weighted by molar-refractivity contribution is 6.13. The molecule has 0 bridgehead atoms. The van der Waals surface area contributed by atoms with E-state index in [1.807, 2.05) is 30.3 Å². The van der Waals surface area contributed by atoms with Crippen LogP contribution in [0.3, 0.4) is 0 Å². The van der Waals surface area contributed by atoms with Gasteiger partial charge >= 0.3 is 0 Å². The van der Waals surface area contributed by atoms with Crippen LogP contribution < -0.4 is 11.1 Å². The van der Waals surface area contributed by atoms with E-state index in [4.69, 9.17) is 5.73 Å². The maximum absolute atomic E-state index is 12.9. The van der Waals surface area contributed by atoms with E-state index in [1.165, 1.54) is 29.5 Å². The number of hydrogen-bond donors (Lipinski definition) is 2. The average molecular weight is 333 g/mol. The fourth-order valence-corrected chi connectivity index (χ4v) is 4.22. The molecule has 128 valence electrons. The molecule has 3 N–H and O–H groups in total. The van der Waals surface area contributed by atoms with Crippen molar-refractivity contribution in [1.29, 1.82) is 0 Å². The summed E-state index contributed by atoms with van der Waals surface area (Å²) < 4.78 is 2.22. The summed E-state index contributed by atoms with van der Waals surface area (Å²) in [5.74, 6) is 0.438. The van der Waals surface area contributed by atoms with E-state index in [2.05, 4.69) is 29.9 Å². The Hall–Kier alpha value is -2.75. The summed E-state index contributed by atoms with van der Waals surface area (Å²) in [7, 11) is 2.08. The number of amides is 1. The van der Waals surface area contributed by atoms with Crippen LogP contribution in [0.25, 0.3) is 10.9 Å². The lowest BCUT2D eigenvalue weighted by atomic mass is 9.88. The van der Waals surface area contributed by atoms with Crippen molar-refractivity contribution in [3.63, 3.8) is 0 Å². The fourth-order valence-electron chi connectivity index (χ4n) is 4.22. The predicted octanol–water partition coefficient (Wildman–Crippen LogP) is 4.45. The molecule has 1 aliphatic rings. The third kappa shape index (κ3) is 2.58. The van der Waals surface area contributed by atoms with Crippen LogP contribution >= 0.6 is 0 Å². The topological polar surface area (TPSA) is 60.0 Å². The zero-order valence-corrected chi connectivity index (χ0v) is 14.7. The molecule has 25 heavy (non-hydrogen) atoms. The van der Waals surface area contributed by atoms with Crippen molar-refractivity contribution in [3.8, 4) is 0 Å². The van der Waals surface area contributed by atoms with Crippen LogP contribution in [0.4, 0.5) is 11.4 Å². The maximum Gasteiger partial charge on any atom is 0.257 e. The highest BCUT2D eigenvalue weighted by atomic mass is 16.1. The molecule has 0 saturated heterocycles. The van der Waals surface area contributed by atoms with E-state index in [1.54, 1.807) is 6.07 Å². The first-order valence-electron chi connectivity index (χ1n) is 8.83. The van der Waals surface area contributed by atoms with Crippen molar-refractivity contribution >= 4 is 28.2 Å². The third-order valence-corrected chi connectivity index (χ3v) is 5.29. The van der Waals surface area contributed by atoms with E-state index in [9.17, 15) is 4.79 Å². The van der Waals surface area contributed by atoms with Gasteiger partial charge in [0.05, 0.1) is 11.1 Å². The normalized spacial score (nSPS) is 16.6. The molecule has 4 rings (SSSR count). The number of fused-ring (bicyclic) bond motifs is 3. The molecule has 0 saturated carbocycles. The van der Waals surface area contributed by atoms with Crippen molar-refractivity contribution in [2.75, 3.05) is 11.1 Å². The van der Waals surface area contributed by atoms with E-state index >= 15 is 0 Å². The van der Waals surface area contributed by atoms with Gasteiger partial charge < -0.3 is 15.6 Å². The van der Waals surface area contributed by atoms with Gasteiger partial charge in [-0.1, -0.05) is 25.1 Å². The number of nitrogens with one attached hydrogen (secondary N) is 1. The molecule has 4 heteroatoms. The molecular formula is C21H23N3O. The predicted molar refractivity (Wildman–Crippen MR) is 103 cm³/mol. The highest BCUT2D eigenvalue weighted by Gasteiger charge is 2.25. The number of anilines is 2. The zero-order chi connectivity index (χ0) is 17.6. The third-order valence-electron chi connectivity index (χ3n) is 5.29. The largest absolute Gasteiger partial charge is 0.399 e. The molecule has 0 fully saturated rings. The number of aromatic nitrogens is 1. The molecule has 4 nitrogen and oxygen atoms in total. The van der Waals surface area contributed by atoms with Gasteiger partial charge in [-0.15, -0.1) is 0 Å². The summed E-state index contributed by atoms with van der Waals surface area (Å²) in [5, 5.41) is 4.19. The Morgan fingerprint density at radius 3 is 2.84 bits per heavy atom. The Kier molecular flexibility index (Phi) is 3.75. The second-order valence-electron chi connectivity index (χ2n) is 7.00. The number of para-hydroxylation sites is 1.